The highest BCUT2D eigenvalue weighted by Crippen LogP contribution is 2.36. The van der Waals surface area contributed by atoms with Gasteiger partial charge in [-0.15, -0.1) is 0 Å². The molecule has 0 fully saturated rings. The minimum Gasteiger partial charge on any atom is -0.319 e. The van der Waals surface area contributed by atoms with Gasteiger partial charge in [0.15, 0.2) is 11.5 Å². The van der Waals surface area contributed by atoms with Crippen LogP contribution in [0.15, 0.2) is 60.9 Å². The molecule has 3 heterocycles. The van der Waals surface area contributed by atoms with E-state index in [0.717, 1.165) is 0 Å². The van der Waals surface area contributed by atoms with Crippen LogP contribution in [0.2, 0.25) is 0 Å². The molecule has 0 atom stereocenters. The molecule has 9 nitrogen and oxygen atoms in total. The number of rotatable bonds is 5. The lowest BCUT2D eigenvalue weighted by Crippen LogP contribution is -2.17. The Morgan fingerprint density at radius 3 is 2.53 bits per heavy atom. The summed E-state index contributed by atoms with van der Waals surface area (Å²) in [5.74, 6) is -0.356. The first-order valence-electron chi connectivity index (χ1n) is 11.3. The number of alkyl halides is 3. The van der Waals surface area contributed by atoms with Gasteiger partial charge in [-0.1, -0.05) is 30.3 Å². The summed E-state index contributed by atoms with van der Waals surface area (Å²) in [7, 11) is 1.67. The van der Waals surface area contributed by atoms with Crippen LogP contribution in [0.25, 0.3) is 22.4 Å². The number of aryl methyl sites for hydroxylation is 1. The van der Waals surface area contributed by atoms with Crippen LogP contribution in [-0.2, 0) is 19.8 Å². The van der Waals surface area contributed by atoms with Crippen molar-refractivity contribution in [1.82, 2.24) is 29.5 Å². The number of carbonyl (C=O) groups is 1. The van der Waals surface area contributed by atoms with E-state index in [1.54, 1.807) is 55.6 Å². The van der Waals surface area contributed by atoms with E-state index in [1.807, 2.05) is 6.07 Å². The molecule has 0 radical (unpaired) electrons. The zero-order valence-electron chi connectivity index (χ0n) is 20.2. The Morgan fingerprint density at radius 2 is 1.87 bits per heavy atom. The molecule has 0 bridgehead atoms. The summed E-state index contributed by atoms with van der Waals surface area (Å²) in [5.41, 5.74) is 0.513. The predicted molar refractivity (Wildman–Crippen MR) is 132 cm³/mol. The van der Waals surface area contributed by atoms with E-state index in [1.165, 1.54) is 28.7 Å². The molecule has 190 valence electrons. The van der Waals surface area contributed by atoms with E-state index in [4.69, 9.17) is 5.26 Å². The van der Waals surface area contributed by atoms with Crippen LogP contribution in [0.5, 0.6) is 0 Å². The zero-order chi connectivity index (χ0) is 27.0. The Kier molecular flexibility index (Phi) is 6.12. The zero-order valence-corrected chi connectivity index (χ0v) is 20.2. The third kappa shape index (κ3) is 4.57. The molecule has 0 aliphatic heterocycles. The van der Waals surface area contributed by atoms with Crippen LogP contribution >= 0.6 is 0 Å². The standard InChI is InChI=1S/C26H19F3N8O/c1-15-22(23(26(27,28)29)35-37(15)13-17-9-7-16(12-30)8-10-17)34-25(38)19-11-21(24-31-14-32-36(24)2)33-20-6-4-3-5-18(19)20/h3-11,14H,13H2,1-2H3,(H,34,38). The molecule has 0 aliphatic rings. The minimum absolute atomic E-state index is 0.0188. The van der Waals surface area contributed by atoms with Crippen molar-refractivity contribution in [2.24, 2.45) is 7.05 Å². The van der Waals surface area contributed by atoms with Crippen molar-refractivity contribution >= 4 is 22.5 Å². The predicted octanol–water partition coefficient (Wildman–Crippen LogP) is 4.73. The molecule has 38 heavy (non-hydrogen) atoms. The molecule has 1 amide bonds. The van der Waals surface area contributed by atoms with Gasteiger partial charge in [0.25, 0.3) is 5.91 Å². The summed E-state index contributed by atoms with van der Waals surface area (Å²) in [6.07, 6.45) is -3.47. The summed E-state index contributed by atoms with van der Waals surface area (Å²) >= 11 is 0. The molecule has 5 aromatic rings. The highest BCUT2D eigenvalue weighted by atomic mass is 19.4. The van der Waals surface area contributed by atoms with Crippen molar-refractivity contribution in [2.75, 3.05) is 5.32 Å². The maximum atomic E-state index is 14.0. The number of halogens is 3. The lowest BCUT2D eigenvalue weighted by molar-refractivity contribution is -0.140. The highest BCUT2D eigenvalue weighted by molar-refractivity contribution is 6.13. The first-order valence-corrected chi connectivity index (χ1v) is 11.3. The van der Waals surface area contributed by atoms with Crippen molar-refractivity contribution in [1.29, 1.82) is 5.26 Å². The first-order chi connectivity index (χ1) is 18.2. The number of hydrogen-bond donors (Lipinski definition) is 1. The molecule has 12 heteroatoms. The van der Waals surface area contributed by atoms with E-state index in [9.17, 15) is 18.0 Å². The van der Waals surface area contributed by atoms with Gasteiger partial charge in [-0.3, -0.25) is 9.48 Å². The quantitative estimate of drug-likeness (QED) is 0.361. The Morgan fingerprint density at radius 1 is 1.13 bits per heavy atom. The summed E-state index contributed by atoms with van der Waals surface area (Å²) in [6, 6.07) is 16.7. The van der Waals surface area contributed by atoms with Crippen LogP contribution in [-0.4, -0.2) is 35.4 Å². The average molecular weight is 516 g/mol. The summed E-state index contributed by atoms with van der Waals surface area (Å²) < 4.78 is 44.6. The van der Waals surface area contributed by atoms with Crippen LogP contribution < -0.4 is 5.32 Å². The molecule has 5 rings (SSSR count). The maximum Gasteiger partial charge on any atom is 0.437 e. The minimum atomic E-state index is -4.81. The van der Waals surface area contributed by atoms with Gasteiger partial charge >= 0.3 is 6.18 Å². The van der Waals surface area contributed by atoms with Gasteiger partial charge in [-0.05, 0) is 36.8 Å². The van der Waals surface area contributed by atoms with Crippen molar-refractivity contribution in [2.45, 2.75) is 19.6 Å². The Labute approximate surface area is 214 Å². The smallest absolute Gasteiger partial charge is 0.319 e. The lowest BCUT2D eigenvalue weighted by Gasteiger charge is -2.12. The molecule has 2 aromatic carbocycles. The molecule has 0 aliphatic carbocycles. The fourth-order valence-electron chi connectivity index (χ4n) is 4.09. The van der Waals surface area contributed by atoms with E-state index in [2.05, 4.69) is 25.5 Å². The second kappa shape index (κ2) is 9.44. The second-order valence-electron chi connectivity index (χ2n) is 8.51. The number of pyridine rings is 1. The number of hydrogen-bond acceptors (Lipinski definition) is 6. The van der Waals surface area contributed by atoms with Gasteiger partial charge in [0, 0.05) is 12.4 Å². The van der Waals surface area contributed by atoms with E-state index in [0.29, 0.717) is 33.5 Å². The fourth-order valence-corrected chi connectivity index (χ4v) is 4.09. The van der Waals surface area contributed by atoms with Crippen LogP contribution in [0, 0.1) is 18.3 Å². The average Bonchev–Trinajstić information content (AvgIpc) is 3.47. The number of aromatic nitrogens is 6. The van der Waals surface area contributed by atoms with Crippen molar-refractivity contribution in [3.8, 4) is 17.6 Å². The molecular weight excluding hydrogens is 497 g/mol. The molecule has 0 saturated heterocycles. The number of nitrogens with one attached hydrogen (secondary N) is 1. The van der Waals surface area contributed by atoms with E-state index in [-0.39, 0.29) is 17.8 Å². The Bertz CT molecular complexity index is 1710. The summed E-state index contributed by atoms with van der Waals surface area (Å²) in [6.45, 7) is 1.47. The van der Waals surface area contributed by atoms with Crippen molar-refractivity contribution in [3.63, 3.8) is 0 Å². The number of nitriles is 1. The second-order valence-corrected chi connectivity index (χ2v) is 8.51. The molecular formula is C26H19F3N8O. The molecule has 3 aromatic heterocycles. The van der Waals surface area contributed by atoms with Gasteiger partial charge in [-0.2, -0.15) is 28.6 Å². The third-order valence-electron chi connectivity index (χ3n) is 6.03. The summed E-state index contributed by atoms with van der Waals surface area (Å²) in [4.78, 5) is 22.2. The van der Waals surface area contributed by atoms with E-state index < -0.39 is 23.5 Å². The first kappa shape index (κ1) is 24.6. The Balaban J connectivity index is 1.56. The van der Waals surface area contributed by atoms with Gasteiger partial charge in [0.2, 0.25) is 0 Å². The fraction of sp³-hybridized carbons (Fsp3) is 0.154. The van der Waals surface area contributed by atoms with Crippen LogP contribution in [0.3, 0.4) is 0 Å². The van der Waals surface area contributed by atoms with Crippen LogP contribution in [0.4, 0.5) is 18.9 Å². The summed E-state index contributed by atoms with van der Waals surface area (Å²) in [5, 5.41) is 19.7. The largest absolute Gasteiger partial charge is 0.437 e. The number of benzene rings is 2. The molecule has 0 saturated carbocycles. The number of para-hydroxylation sites is 1. The molecule has 1 N–H and O–H groups in total. The number of nitrogens with zero attached hydrogens (tertiary/aromatic N) is 7. The van der Waals surface area contributed by atoms with Crippen LogP contribution in [0.1, 0.15) is 32.9 Å². The molecule has 0 unspecified atom stereocenters. The number of carbonyl (C=O) groups excluding carboxylic acids is 1. The van der Waals surface area contributed by atoms with Crippen molar-refractivity contribution in [3.05, 3.63) is 89.0 Å². The van der Waals surface area contributed by atoms with Gasteiger partial charge in [0.05, 0.1) is 40.6 Å². The van der Waals surface area contributed by atoms with E-state index >= 15 is 0 Å². The maximum absolute atomic E-state index is 14.0. The lowest BCUT2D eigenvalue weighted by atomic mass is 10.1. The van der Waals surface area contributed by atoms with Gasteiger partial charge in [0.1, 0.15) is 12.0 Å². The SMILES string of the molecule is Cc1c(NC(=O)c2cc(-c3ncnn3C)nc3ccccc23)c(C(F)(F)F)nn1Cc1ccc(C#N)cc1. The number of fused-ring (bicyclic) bond motifs is 1. The van der Waals surface area contributed by atoms with Gasteiger partial charge in [-0.25, -0.2) is 14.6 Å². The van der Waals surface area contributed by atoms with Gasteiger partial charge < -0.3 is 5.32 Å². The topological polar surface area (TPSA) is 114 Å². The normalized spacial score (nSPS) is 11.5. The monoisotopic (exact) mass is 516 g/mol. The molecule has 0 spiro atoms. The number of anilines is 1. The third-order valence-corrected chi connectivity index (χ3v) is 6.03. The number of amides is 1. The highest BCUT2D eigenvalue weighted by Gasteiger charge is 2.39. The Hall–Kier alpha value is -5.05. The van der Waals surface area contributed by atoms with Crippen molar-refractivity contribution < 1.29 is 18.0 Å².